The molecule has 0 aliphatic carbocycles. The second kappa shape index (κ2) is 6.88. The molecule has 3 aromatic rings. The van der Waals surface area contributed by atoms with Crippen LogP contribution in [0.2, 0.25) is 0 Å². The lowest BCUT2D eigenvalue weighted by atomic mass is 9.87. The summed E-state index contributed by atoms with van der Waals surface area (Å²) in [5.74, 6) is -0.0861. The van der Waals surface area contributed by atoms with E-state index in [2.05, 4.69) is 32.8 Å². The topological polar surface area (TPSA) is 64.2 Å². The molecule has 5 nitrogen and oxygen atoms in total. The van der Waals surface area contributed by atoms with Gasteiger partial charge in [0.05, 0.1) is 12.2 Å². The van der Waals surface area contributed by atoms with Crippen molar-refractivity contribution in [1.29, 1.82) is 0 Å². The highest BCUT2D eigenvalue weighted by Gasteiger charge is 2.41. The van der Waals surface area contributed by atoms with Gasteiger partial charge in [0.15, 0.2) is 5.69 Å². The number of aromatic nitrogens is 2. The normalized spacial score (nSPS) is 14.0. The van der Waals surface area contributed by atoms with Gasteiger partial charge >= 0.3 is 5.97 Å². The number of H-pyrrole nitrogens is 1. The Bertz CT molecular complexity index is 1070. The number of aromatic amines is 1. The molecule has 2 heterocycles. The van der Waals surface area contributed by atoms with Gasteiger partial charge in [0.1, 0.15) is 22.9 Å². The first kappa shape index (κ1) is 18.9. The fourth-order valence-corrected chi connectivity index (χ4v) is 4.25. The van der Waals surface area contributed by atoms with Crippen LogP contribution < -0.4 is 4.74 Å². The van der Waals surface area contributed by atoms with E-state index in [0.717, 1.165) is 20.3 Å². The Labute approximate surface area is 175 Å². The van der Waals surface area contributed by atoms with E-state index in [0.29, 0.717) is 22.7 Å². The summed E-state index contributed by atoms with van der Waals surface area (Å²) in [6, 6.07) is 10.2. The first-order valence-corrected chi connectivity index (χ1v) is 9.95. The monoisotopic (exact) mass is 492 g/mol. The second-order valence-electron chi connectivity index (χ2n) is 6.96. The number of rotatable bonds is 3. The molecule has 0 radical (unpaired) electrons. The van der Waals surface area contributed by atoms with E-state index >= 15 is 0 Å². The van der Waals surface area contributed by atoms with Crippen LogP contribution in [0.4, 0.5) is 4.39 Å². The Morgan fingerprint density at radius 3 is 2.64 bits per heavy atom. The molecule has 0 saturated heterocycles. The molecule has 7 heteroatoms. The maximum Gasteiger partial charge on any atom is 0.356 e. The molecule has 2 aromatic carbocycles. The molecule has 4 rings (SSSR count). The quantitative estimate of drug-likeness (QED) is 0.399. The van der Waals surface area contributed by atoms with Gasteiger partial charge in [-0.15, -0.1) is 0 Å². The van der Waals surface area contributed by atoms with Gasteiger partial charge in [-0.1, -0.05) is 12.1 Å². The van der Waals surface area contributed by atoms with Gasteiger partial charge in [-0.2, -0.15) is 5.10 Å². The molecule has 28 heavy (non-hydrogen) atoms. The van der Waals surface area contributed by atoms with Crippen LogP contribution in [0.15, 0.2) is 36.4 Å². The van der Waals surface area contributed by atoms with Crippen LogP contribution in [0.1, 0.15) is 36.8 Å². The average molecular weight is 492 g/mol. The fraction of sp³-hybridized carbons (Fsp3) is 0.238. The fourth-order valence-electron chi connectivity index (χ4n) is 3.52. The minimum Gasteiger partial charge on any atom is -0.482 e. The molecule has 0 saturated carbocycles. The number of esters is 1. The number of hydrogen-bond donors (Lipinski definition) is 1. The number of fused-ring (bicyclic) bond motifs is 3. The molecule has 0 bridgehead atoms. The third-order valence-electron chi connectivity index (χ3n) is 4.70. The van der Waals surface area contributed by atoms with E-state index < -0.39 is 11.6 Å². The van der Waals surface area contributed by atoms with Gasteiger partial charge < -0.3 is 9.47 Å². The smallest absolute Gasteiger partial charge is 0.356 e. The van der Waals surface area contributed by atoms with Crippen molar-refractivity contribution >= 4 is 28.6 Å². The molecule has 0 unspecified atom stereocenters. The Kier molecular flexibility index (Phi) is 4.65. The van der Waals surface area contributed by atoms with Gasteiger partial charge in [-0.05, 0) is 73.2 Å². The Morgan fingerprint density at radius 1 is 1.25 bits per heavy atom. The molecule has 1 N–H and O–H groups in total. The average Bonchev–Trinajstić information content (AvgIpc) is 3.09. The van der Waals surface area contributed by atoms with Crippen LogP contribution in [0.3, 0.4) is 0 Å². The zero-order valence-electron chi connectivity index (χ0n) is 15.6. The van der Waals surface area contributed by atoms with Crippen LogP contribution in [-0.4, -0.2) is 22.8 Å². The number of benzene rings is 2. The summed E-state index contributed by atoms with van der Waals surface area (Å²) in [5.41, 5.74) is 3.32. The van der Waals surface area contributed by atoms with Crippen molar-refractivity contribution in [3.63, 3.8) is 0 Å². The van der Waals surface area contributed by atoms with Crippen LogP contribution >= 0.6 is 22.6 Å². The Hall–Kier alpha value is -2.42. The first-order valence-electron chi connectivity index (χ1n) is 8.87. The minimum atomic E-state index is -0.809. The van der Waals surface area contributed by atoms with Crippen LogP contribution in [0.5, 0.6) is 5.75 Å². The third-order valence-corrected chi connectivity index (χ3v) is 5.60. The summed E-state index contributed by atoms with van der Waals surface area (Å²) in [7, 11) is 0. The predicted octanol–water partition coefficient (Wildman–Crippen LogP) is 5.29. The second-order valence-corrected chi connectivity index (χ2v) is 8.12. The SMILES string of the molecule is CCOC(=O)c1[nH]nc2c1C(C)(C)Oc1c-2ccc(I)c1-c1ccc(F)cc1. The predicted molar refractivity (Wildman–Crippen MR) is 112 cm³/mol. The number of nitrogens with one attached hydrogen (secondary N) is 1. The maximum absolute atomic E-state index is 13.4. The standard InChI is InChI=1S/C21H18FIN2O3/c1-4-27-20(26)18-16-17(24-25-18)13-9-10-14(23)15(19(13)28-21(16,2)3)11-5-7-12(22)8-6-11/h5-10H,4H2,1-3H3,(H,24,25). The maximum atomic E-state index is 13.4. The van der Waals surface area contributed by atoms with Crippen molar-refractivity contribution in [2.75, 3.05) is 6.61 Å². The van der Waals surface area contributed by atoms with Gasteiger partial charge in [-0.3, -0.25) is 5.10 Å². The summed E-state index contributed by atoms with van der Waals surface area (Å²) < 4.78 is 25.9. The van der Waals surface area contributed by atoms with Gasteiger partial charge in [0, 0.05) is 14.7 Å². The van der Waals surface area contributed by atoms with Crippen LogP contribution in [0, 0.1) is 9.39 Å². The van der Waals surface area contributed by atoms with Gasteiger partial charge in [0.25, 0.3) is 0 Å². The molecule has 0 spiro atoms. The summed E-state index contributed by atoms with van der Waals surface area (Å²) in [4.78, 5) is 12.4. The summed E-state index contributed by atoms with van der Waals surface area (Å²) in [5, 5.41) is 7.23. The Balaban J connectivity index is 1.95. The minimum absolute atomic E-state index is 0.275. The molecule has 0 atom stereocenters. The molecule has 1 aromatic heterocycles. The summed E-state index contributed by atoms with van der Waals surface area (Å²) in [6.45, 7) is 5.81. The van der Waals surface area contributed by atoms with Crippen molar-refractivity contribution in [3.05, 3.63) is 57.0 Å². The zero-order chi connectivity index (χ0) is 20.1. The lowest BCUT2D eigenvalue weighted by molar-refractivity contribution is 0.0500. The first-order chi connectivity index (χ1) is 13.3. The molecule has 0 fully saturated rings. The molecule has 144 valence electrons. The number of halogens is 2. The lowest BCUT2D eigenvalue weighted by Crippen LogP contribution is -2.31. The van der Waals surface area contributed by atoms with E-state index in [4.69, 9.17) is 9.47 Å². The van der Waals surface area contributed by atoms with Crippen molar-refractivity contribution in [3.8, 4) is 28.1 Å². The number of hydrogen-bond acceptors (Lipinski definition) is 4. The van der Waals surface area contributed by atoms with E-state index in [1.807, 2.05) is 26.0 Å². The molecule has 0 amide bonds. The Morgan fingerprint density at radius 2 is 1.96 bits per heavy atom. The number of ether oxygens (including phenoxy) is 2. The lowest BCUT2D eigenvalue weighted by Gasteiger charge is -2.34. The molecular formula is C21H18FIN2O3. The molecule has 1 aliphatic heterocycles. The van der Waals surface area contributed by atoms with Gasteiger partial charge in [0.2, 0.25) is 0 Å². The summed E-state index contributed by atoms with van der Waals surface area (Å²) in [6.07, 6.45) is 0. The van der Waals surface area contributed by atoms with Crippen molar-refractivity contribution < 1.29 is 18.7 Å². The number of carbonyl (C=O) groups excluding carboxylic acids is 1. The van der Waals surface area contributed by atoms with Crippen molar-refractivity contribution in [2.45, 2.75) is 26.4 Å². The van der Waals surface area contributed by atoms with E-state index in [1.165, 1.54) is 12.1 Å². The molecular weight excluding hydrogens is 474 g/mol. The van der Waals surface area contributed by atoms with Crippen LogP contribution in [-0.2, 0) is 10.3 Å². The highest BCUT2D eigenvalue weighted by molar-refractivity contribution is 14.1. The van der Waals surface area contributed by atoms with Crippen molar-refractivity contribution in [2.24, 2.45) is 0 Å². The van der Waals surface area contributed by atoms with E-state index in [9.17, 15) is 9.18 Å². The summed E-state index contributed by atoms with van der Waals surface area (Å²) >= 11 is 2.24. The number of nitrogens with zero attached hydrogens (tertiary/aromatic N) is 1. The van der Waals surface area contributed by atoms with E-state index in [1.54, 1.807) is 19.1 Å². The third kappa shape index (κ3) is 2.97. The van der Waals surface area contributed by atoms with Crippen molar-refractivity contribution in [1.82, 2.24) is 10.2 Å². The largest absolute Gasteiger partial charge is 0.482 e. The zero-order valence-corrected chi connectivity index (χ0v) is 17.8. The highest BCUT2D eigenvalue weighted by atomic mass is 127. The van der Waals surface area contributed by atoms with Crippen LogP contribution in [0.25, 0.3) is 22.4 Å². The van der Waals surface area contributed by atoms with Gasteiger partial charge in [-0.25, -0.2) is 9.18 Å². The highest BCUT2D eigenvalue weighted by Crippen LogP contribution is 2.50. The van der Waals surface area contributed by atoms with E-state index in [-0.39, 0.29) is 12.4 Å². The number of carbonyl (C=O) groups is 1. The molecule has 1 aliphatic rings.